The van der Waals surface area contributed by atoms with Gasteiger partial charge in [0.2, 0.25) is 21.8 Å². The zero-order valence-corrected chi connectivity index (χ0v) is 26.8. The van der Waals surface area contributed by atoms with Crippen LogP contribution in [-0.2, 0) is 32.6 Å². The standard InChI is InChI=1S/C32H39Cl2N3O4S/c1-23(2)21-35-32(39)30(19-25-9-6-5-7-10-25)36(22-26-13-16-27(33)17-14-26)31(38)11-8-18-37(42(4,40)41)29-20-28(34)15-12-24(29)3/h5-7,9-10,12-17,20,23,30H,8,11,18-19,21-22H2,1-4H3,(H,35,39). The third kappa shape index (κ3) is 10.0. The Labute approximate surface area is 259 Å². The molecule has 2 amide bonds. The van der Waals surface area contributed by atoms with Crippen molar-refractivity contribution in [3.63, 3.8) is 0 Å². The smallest absolute Gasteiger partial charge is 0.243 e. The summed E-state index contributed by atoms with van der Waals surface area (Å²) < 4.78 is 26.7. The number of anilines is 1. The van der Waals surface area contributed by atoms with E-state index in [4.69, 9.17) is 23.2 Å². The molecule has 0 bridgehead atoms. The number of hydrogen-bond acceptors (Lipinski definition) is 4. The molecule has 0 saturated carbocycles. The van der Waals surface area contributed by atoms with Gasteiger partial charge in [-0.2, -0.15) is 0 Å². The number of hydrogen-bond donors (Lipinski definition) is 1. The second-order valence-corrected chi connectivity index (χ2v) is 13.6. The van der Waals surface area contributed by atoms with Crippen LogP contribution in [0.5, 0.6) is 0 Å². The summed E-state index contributed by atoms with van der Waals surface area (Å²) in [5.41, 5.74) is 2.99. The number of nitrogens with zero attached hydrogens (tertiary/aromatic N) is 2. The van der Waals surface area contributed by atoms with Crippen molar-refractivity contribution in [2.24, 2.45) is 5.92 Å². The highest BCUT2D eigenvalue weighted by Crippen LogP contribution is 2.27. The Hall–Kier alpha value is -3.07. The van der Waals surface area contributed by atoms with E-state index in [9.17, 15) is 18.0 Å². The van der Waals surface area contributed by atoms with Crippen LogP contribution in [0, 0.1) is 12.8 Å². The first-order chi connectivity index (χ1) is 19.8. The molecule has 42 heavy (non-hydrogen) atoms. The zero-order chi connectivity index (χ0) is 30.9. The normalized spacial score (nSPS) is 12.2. The molecule has 1 N–H and O–H groups in total. The van der Waals surface area contributed by atoms with E-state index in [0.717, 1.165) is 22.9 Å². The molecule has 3 aromatic rings. The average Bonchev–Trinajstić information content (AvgIpc) is 2.94. The summed E-state index contributed by atoms with van der Waals surface area (Å²) in [4.78, 5) is 29.1. The van der Waals surface area contributed by atoms with Crippen molar-refractivity contribution in [3.05, 3.63) is 99.5 Å². The number of benzene rings is 3. The lowest BCUT2D eigenvalue weighted by Gasteiger charge is -2.32. The molecule has 3 aromatic carbocycles. The van der Waals surface area contributed by atoms with E-state index in [2.05, 4.69) is 5.32 Å². The predicted molar refractivity (Wildman–Crippen MR) is 171 cm³/mol. The zero-order valence-electron chi connectivity index (χ0n) is 24.5. The van der Waals surface area contributed by atoms with Crippen LogP contribution in [0.3, 0.4) is 0 Å². The molecule has 226 valence electrons. The average molecular weight is 633 g/mol. The van der Waals surface area contributed by atoms with E-state index in [0.29, 0.717) is 28.7 Å². The van der Waals surface area contributed by atoms with Gasteiger partial charge in [-0.05, 0) is 60.2 Å². The Morgan fingerprint density at radius 2 is 1.55 bits per heavy atom. The van der Waals surface area contributed by atoms with E-state index in [-0.39, 0.29) is 43.7 Å². The number of carbonyl (C=O) groups excluding carboxylic acids is 2. The summed E-state index contributed by atoms with van der Waals surface area (Å²) in [6, 6.07) is 21.1. The van der Waals surface area contributed by atoms with Gasteiger partial charge in [-0.25, -0.2) is 8.42 Å². The summed E-state index contributed by atoms with van der Waals surface area (Å²) in [5.74, 6) is -0.243. The molecule has 0 saturated heterocycles. The molecule has 10 heteroatoms. The van der Waals surface area contributed by atoms with E-state index in [1.165, 1.54) is 4.31 Å². The SMILES string of the molecule is Cc1ccc(Cl)cc1N(CCCC(=O)N(Cc1ccc(Cl)cc1)C(Cc1ccccc1)C(=O)NCC(C)C)S(C)(=O)=O. The van der Waals surface area contributed by atoms with Gasteiger partial charge in [-0.15, -0.1) is 0 Å². The van der Waals surface area contributed by atoms with E-state index in [1.54, 1.807) is 35.2 Å². The fourth-order valence-electron chi connectivity index (χ4n) is 4.60. The molecular weight excluding hydrogens is 593 g/mol. The fraction of sp³-hybridized carbons (Fsp3) is 0.375. The predicted octanol–water partition coefficient (Wildman–Crippen LogP) is 6.26. The summed E-state index contributed by atoms with van der Waals surface area (Å²) in [7, 11) is -3.64. The molecule has 0 aliphatic heterocycles. The number of nitrogens with one attached hydrogen (secondary N) is 1. The number of carbonyl (C=O) groups is 2. The largest absolute Gasteiger partial charge is 0.354 e. The van der Waals surface area contributed by atoms with E-state index < -0.39 is 16.1 Å². The first kappa shape index (κ1) is 33.4. The molecule has 0 fully saturated rings. The molecular formula is C32H39Cl2N3O4S. The summed E-state index contributed by atoms with van der Waals surface area (Å²) in [6.07, 6.45) is 1.76. The number of aryl methyl sites for hydroxylation is 1. The molecule has 3 rings (SSSR count). The van der Waals surface area contributed by atoms with Gasteiger partial charge < -0.3 is 10.2 Å². The van der Waals surface area contributed by atoms with Crippen molar-refractivity contribution in [2.45, 2.75) is 52.6 Å². The van der Waals surface area contributed by atoms with Crippen molar-refractivity contribution < 1.29 is 18.0 Å². The molecule has 0 aliphatic rings. The van der Waals surface area contributed by atoms with E-state index in [1.807, 2.05) is 63.2 Å². The second-order valence-electron chi connectivity index (χ2n) is 10.9. The molecule has 7 nitrogen and oxygen atoms in total. The molecule has 0 heterocycles. The minimum Gasteiger partial charge on any atom is -0.354 e. The quantitative estimate of drug-likeness (QED) is 0.227. The Balaban J connectivity index is 1.89. The lowest BCUT2D eigenvalue weighted by molar-refractivity contribution is -0.141. The van der Waals surface area contributed by atoms with Gasteiger partial charge in [0.25, 0.3) is 0 Å². The maximum absolute atomic E-state index is 13.9. The first-order valence-corrected chi connectivity index (χ1v) is 16.5. The van der Waals surface area contributed by atoms with Gasteiger partial charge in [0.05, 0.1) is 11.9 Å². The van der Waals surface area contributed by atoms with Crippen LogP contribution in [0.1, 0.15) is 43.4 Å². The van der Waals surface area contributed by atoms with Gasteiger partial charge in [0, 0.05) is 42.5 Å². The van der Waals surface area contributed by atoms with Crippen molar-refractivity contribution in [1.29, 1.82) is 0 Å². The molecule has 0 spiro atoms. The monoisotopic (exact) mass is 631 g/mol. The third-order valence-electron chi connectivity index (χ3n) is 6.81. The van der Waals surface area contributed by atoms with Crippen LogP contribution < -0.4 is 9.62 Å². The van der Waals surface area contributed by atoms with Gasteiger partial charge in [0.15, 0.2) is 0 Å². The topological polar surface area (TPSA) is 86.8 Å². The summed E-state index contributed by atoms with van der Waals surface area (Å²) in [5, 5.41) is 4.00. The van der Waals surface area contributed by atoms with E-state index >= 15 is 0 Å². The fourth-order valence-corrected chi connectivity index (χ4v) is 5.90. The Bertz CT molecular complexity index is 1450. The number of sulfonamides is 1. The van der Waals surface area contributed by atoms with Crippen LogP contribution in [-0.4, -0.2) is 50.5 Å². The Morgan fingerprint density at radius 1 is 0.905 bits per heavy atom. The first-order valence-electron chi connectivity index (χ1n) is 13.9. The van der Waals surface area contributed by atoms with Crippen molar-refractivity contribution in [2.75, 3.05) is 23.7 Å². The third-order valence-corrected chi connectivity index (χ3v) is 8.48. The number of halogens is 2. The van der Waals surface area contributed by atoms with Crippen LogP contribution >= 0.6 is 23.2 Å². The maximum atomic E-state index is 13.9. The maximum Gasteiger partial charge on any atom is 0.243 e. The molecule has 1 atom stereocenters. The van der Waals surface area contributed by atoms with Gasteiger partial charge in [-0.3, -0.25) is 13.9 Å². The summed E-state index contributed by atoms with van der Waals surface area (Å²) >= 11 is 12.3. The van der Waals surface area contributed by atoms with Crippen LogP contribution in [0.2, 0.25) is 10.0 Å². The van der Waals surface area contributed by atoms with Crippen molar-refractivity contribution in [1.82, 2.24) is 10.2 Å². The number of rotatable bonds is 14. The van der Waals surface area contributed by atoms with Gasteiger partial charge in [0.1, 0.15) is 6.04 Å². The van der Waals surface area contributed by atoms with Crippen LogP contribution in [0.15, 0.2) is 72.8 Å². The van der Waals surface area contributed by atoms with Gasteiger partial charge >= 0.3 is 0 Å². The highest BCUT2D eigenvalue weighted by atomic mass is 35.5. The summed E-state index contributed by atoms with van der Waals surface area (Å²) in [6.45, 7) is 6.61. The van der Waals surface area contributed by atoms with Gasteiger partial charge in [-0.1, -0.05) is 85.6 Å². The minimum absolute atomic E-state index is 0.0436. The van der Waals surface area contributed by atoms with Crippen LogP contribution in [0.25, 0.3) is 0 Å². The molecule has 1 unspecified atom stereocenters. The highest BCUT2D eigenvalue weighted by Gasteiger charge is 2.30. The number of amides is 2. The lowest BCUT2D eigenvalue weighted by atomic mass is 10.0. The lowest BCUT2D eigenvalue weighted by Crippen LogP contribution is -2.51. The second kappa shape index (κ2) is 15.4. The highest BCUT2D eigenvalue weighted by molar-refractivity contribution is 7.92. The molecule has 0 radical (unpaired) electrons. The molecule has 0 aromatic heterocycles. The van der Waals surface area contributed by atoms with Crippen LogP contribution in [0.4, 0.5) is 5.69 Å². The minimum atomic E-state index is -3.64. The van der Waals surface area contributed by atoms with Crippen molar-refractivity contribution in [3.8, 4) is 0 Å². The molecule has 0 aliphatic carbocycles. The Morgan fingerprint density at radius 3 is 2.17 bits per heavy atom. The van der Waals surface area contributed by atoms with Crippen molar-refractivity contribution >= 4 is 50.7 Å². The Kier molecular flexibility index (Phi) is 12.3.